The number of carbonyl (C=O) groups is 1. The molecule has 0 radical (unpaired) electrons. The zero-order chi connectivity index (χ0) is 19.9. The highest BCUT2D eigenvalue weighted by molar-refractivity contribution is 9.10. The molecule has 1 N–H and O–H groups in total. The minimum Gasteiger partial charge on any atom is -0.477 e. The Bertz CT molecular complexity index is 975. The maximum atomic E-state index is 12.0. The maximum Gasteiger partial charge on any atom is 0.310 e. The number of amides is 1. The van der Waals surface area contributed by atoms with Gasteiger partial charge in [0.05, 0.1) is 4.92 Å². The van der Waals surface area contributed by atoms with Crippen LogP contribution in [0.1, 0.15) is 0 Å². The van der Waals surface area contributed by atoms with Gasteiger partial charge in [-0.2, -0.15) is 0 Å². The van der Waals surface area contributed by atoms with Gasteiger partial charge in [0.15, 0.2) is 12.4 Å². The Balaban J connectivity index is 1.54. The largest absolute Gasteiger partial charge is 0.477 e. The molecule has 142 valence electrons. The zero-order valence-corrected chi connectivity index (χ0v) is 16.1. The summed E-state index contributed by atoms with van der Waals surface area (Å²) in [5, 5.41) is 13.6. The average molecular weight is 443 g/mol. The molecule has 8 heteroatoms. The molecule has 3 rings (SSSR count). The Morgan fingerprint density at radius 1 is 0.964 bits per heavy atom. The number of nitro groups is 1. The van der Waals surface area contributed by atoms with Crippen LogP contribution in [0.2, 0.25) is 0 Å². The normalized spacial score (nSPS) is 10.2. The lowest BCUT2D eigenvalue weighted by Crippen LogP contribution is -2.20. The number of carbonyl (C=O) groups excluding carboxylic acids is 1. The average Bonchev–Trinajstić information content (AvgIpc) is 2.70. The van der Waals surface area contributed by atoms with Gasteiger partial charge in [0.2, 0.25) is 0 Å². The maximum absolute atomic E-state index is 12.0. The number of halogens is 1. The first-order valence-corrected chi connectivity index (χ1v) is 9.00. The molecule has 7 nitrogen and oxygen atoms in total. The first kappa shape index (κ1) is 19.4. The first-order chi connectivity index (χ1) is 13.5. The summed E-state index contributed by atoms with van der Waals surface area (Å²) < 4.78 is 11.9. The van der Waals surface area contributed by atoms with Crippen molar-refractivity contribution in [2.45, 2.75) is 0 Å². The fourth-order valence-electron chi connectivity index (χ4n) is 2.32. The summed E-state index contributed by atoms with van der Waals surface area (Å²) in [5.41, 5.74) is 0.365. The highest BCUT2D eigenvalue weighted by Gasteiger charge is 2.15. The number of hydrogen-bond acceptors (Lipinski definition) is 5. The lowest BCUT2D eigenvalue weighted by Gasteiger charge is -2.09. The van der Waals surface area contributed by atoms with Crippen molar-refractivity contribution < 1.29 is 19.2 Å². The number of para-hydroxylation sites is 2. The van der Waals surface area contributed by atoms with Crippen molar-refractivity contribution in [1.29, 1.82) is 0 Å². The van der Waals surface area contributed by atoms with Crippen LogP contribution in [0.4, 0.5) is 11.4 Å². The number of hydrogen-bond donors (Lipinski definition) is 1. The molecule has 3 aromatic rings. The van der Waals surface area contributed by atoms with Crippen LogP contribution in [0.25, 0.3) is 0 Å². The molecule has 0 saturated carbocycles. The minimum atomic E-state index is -0.558. The van der Waals surface area contributed by atoms with E-state index < -0.39 is 10.8 Å². The summed E-state index contributed by atoms with van der Waals surface area (Å²) in [5.74, 6) is 0.926. The van der Waals surface area contributed by atoms with Crippen molar-refractivity contribution >= 4 is 33.2 Å². The molecule has 0 spiro atoms. The molecular formula is C20H15BrN2O5. The third-order valence-corrected chi connectivity index (χ3v) is 4.14. The monoisotopic (exact) mass is 442 g/mol. The lowest BCUT2D eigenvalue weighted by atomic mass is 10.3. The van der Waals surface area contributed by atoms with Crippen LogP contribution in [-0.4, -0.2) is 17.4 Å². The number of ether oxygens (including phenoxy) is 2. The van der Waals surface area contributed by atoms with Gasteiger partial charge in [-0.3, -0.25) is 14.9 Å². The molecule has 0 aliphatic carbocycles. The molecule has 0 aliphatic heterocycles. The summed E-state index contributed by atoms with van der Waals surface area (Å²) in [6.45, 7) is -0.345. The molecule has 0 bridgehead atoms. The Morgan fingerprint density at radius 2 is 1.57 bits per heavy atom. The van der Waals surface area contributed by atoms with E-state index in [1.807, 2.05) is 24.3 Å². The highest BCUT2D eigenvalue weighted by atomic mass is 79.9. The Hall–Kier alpha value is -3.39. The number of anilines is 1. The summed E-state index contributed by atoms with van der Waals surface area (Å²) >= 11 is 3.36. The van der Waals surface area contributed by atoms with Crippen molar-refractivity contribution in [3.63, 3.8) is 0 Å². The molecule has 3 aromatic carbocycles. The number of nitrogens with zero attached hydrogens (tertiary/aromatic N) is 1. The summed E-state index contributed by atoms with van der Waals surface area (Å²) in [6, 6.07) is 20.1. The predicted molar refractivity (Wildman–Crippen MR) is 108 cm³/mol. The fourth-order valence-corrected chi connectivity index (χ4v) is 2.58. The molecular weight excluding hydrogens is 428 g/mol. The minimum absolute atomic E-state index is 0.0425. The summed E-state index contributed by atoms with van der Waals surface area (Å²) in [4.78, 5) is 22.4. The second-order valence-electron chi connectivity index (χ2n) is 5.64. The third kappa shape index (κ3) is 5.31. The molecule has 0 aliphatic rings. The number of benzene rings is 3. The molecule has 28 heavy (non-hydrogen) atoms. The molecule has 1 amide bonds. The topological polar surface area (TPSA) is 90.7 Å². The summed E-state index contributed by atoms with van der Waals surface area (Å²) in [7, 11) is 0. The van der Waals surface area contributed by atoms with E-state index in [1.165, 1.54) is 18.2 Å². The van der Waals surface area contributed by atoms with E-state index in [9.17, 15) is 14.9 Å². The quantitative estimate of drug-likeness (QED) is 0.402. The Labute approximate surface area is 169 Å². The number of nitrogens with one attached hydrogen (secondary N) is 1. The van der Waals surface area contributed by atoms with Crippen LogP contribution in [0.15, 0.2) is 77.3 Å². The lowest BCUT2D eigenvalue weighted by molar-refractivity contribution is -0.385. The van der Waals surface area contributed by atoms with Crippen molar-refractivity contribution in [2.24, 2.45) is 0 Å². The SMILES string of the molecule is O=C(COc1ccccc1[N+](=O)[O-])Nc1ccc(Oc2ccc(Br)cc2)cc1. The van der Waals surface area contributed by atoms with E-state index in [1.54, 1.807) is 30.3 Å². The molecule has 0 unspecified atom stereocenters. The van der Waals surface area contributed by atoms with Gasteiger partial charge in [0, 0.05) is 16.2 Å². The highest BCUT2D eigenvalue weighted by Crippen LogP contribution is 2.26. The Morgan fingerprint density at radius 3 is 2.21 bits per heavy atom. The van der Waals surface area contributed by atoms with Gasteiger partial charge in [-0.15, -0.1) is 0 Å². The van der Waals surface area contributed by atoms with Gasteiger partial charge in [0.25, 0.3) is 5.91 Å². The third-order valence-electron chi connectivity index (χ3n) is 3.61. The Kier molecular flexibility index (Phi) is 6.23. The van der Waals surface area contributed by atoms with Gasteiger partial charge in [0.1, 0.15) is 11.5 Å². The van der Waals surface area contributed by atoms with Crippen LogP contribution in [-0.2, 0) is 4.79 Å². The van der Waals surface area contributed by atoms with Crippen LogP contribution in [0, 0.1) is 10.1 Å². The fraction of sp³-hybridized carbons (Fsp3) is 0.0500. The van der Waals surface area contributed by atoms with E-state index in [4.69, 9.17) is 9.47 Å². The molecule has 0 aromatic heterocycles. The summed E-state index contributed by atoms with van der Waals surface area (Å²) in [6.07, 6.45) is 0. The van der Waals surface area contributed by atoms with Gasteiger partial charge >= 0.3 is 5.69 Å². The predicted octanol–water partition coefficient (Wildman–Crippen LogP) is 5.17. The number of rotatable bonds is 7. The molecule has 0 atom stereocenters. The van der Waals surface area contributed by atoms with E-state index in [-0.39, 0.29) is 18.0 Å². The first-order valence-electron chi connectivity index (χ1n) is 8.21. The van der Waals surface area contributed by atoms with Crippen LogP contribution < -0.4 is 14.8 Å². The standard InChI is InChI=1S/C20H15BrN2O5/c21-14-5-9-16(10-6-14)28-17-11-7-15(8-12-17)22-20(24)13-27-19-4-2-1-3-18(19)23(25)26/h1-12H,13H2,(H,22,24). The second kappa shape index (κ2) is 9.01. The van der Waals surface area contributed by atoms with E-state index in [2.05, 4.69) is 21.2 Å². The smallest absolute Gasteiger partial charge is 0.310 e. The molecule has 0 saturated heterocycles. The van der Waals surface area contributed by atoms with Gasteiger partial charge in [-0.1, -0.05) is 28.1 Å². The van der Waals surface area contributed by atoms with Crippen molar-refractivity contribution in [3.8, 4) is 17.2 Å². The molecule has 0 heterocycles. The van der Waals surface area contributed by atoms with Gasteiger partial charge < -0.3 is 14.8 Å². The van der Waals surface area contributed by atoms with E-state index in [0.29, 0.717) is 17.2 Å². The van der Waals surface area contributed by atoms with Gasteiger partial charge in [-0.25, -0.2) is 0 Å². The van der Waals surface area contributed by atoms with E-state index >= 15 is 0 Å². The van der Waals surface area contributed by atoms with Crippen LogP contribution >= 0.6 is 15.9 Å². The molecule has 0 fully saturated rings. The second-order valence-corrected chi connectivity index (χ2v) is 6.56. The van der Waals surface area contributed by atoms with Crippen LogP contribution in [0.5, 0.6) is 17.2 Å². The van der Waals surface area contributed by atoms with Crippen LogP contribution in [0.3, 0.4) is 0 Å². The van der Waals surface area contributed by atoms with Crippen molar-refractivity contribution in [2.75, 3.05) is 11.9 Å². The van der Waals surface area contributed by atoms with Crippen molar-refractivity contribution in [1.82, 2.24) is 0 Å². The van der Waals surface area contributed by atoms with Crippen molar-refractivity contribution in [3.05, 3.63) is 87.4 Å². The van der Waals surface area contributed by atoms with E-state index in [0.717, 1.165) is 4.47 Å². The van der Waals surface area contributed by atoms with Gasteiger partial charge in [-0.05, 0) is 54.6 Å². The number of nitro benzene ring substituents is 1. The zero-order valence-electron chi connectivity index (χ0n) is 14.5.